The van der Waals surface area contributed by atoms with E-state index < -0.39 is 8.80 Å². The van der Waals surface area contributed by atoms with E-state index >= 15 is 0 Å². The van der Waals surface area contributed by atoms with Crippen molar-refractivity contribution in [1.29, 1.82) is 0 Å². The number of rotatable bonds is 2. The van der Waals surface area contributed by atoms with Crippen molar-refractivity contribution < 1.29 is 13.3 Å². The third kappa shape index (κ3) is 2.33. The Hall–Kier alpha value is 0.0169. The molecule has 0 aromatic heterocycles. The molecule has 0 aromatic carbocycles. The third-order valence-electron chi connectivity index (χ3n) is 2.58. The van der Waals surface area contributed by atoms with Crippen LogP contribution in [0.1, 0.15) is 0 Å². The summed E-state index contributed by atoms with van der Waals surface area (Å²) in [5, 5.41) is 3.10. The highest BCUT2D eigenvalue weighted by Crippen LogP contribution is 2.14. The Labute approximate surface area is 85.7 Å². The van der Waals surface area contributed by atoms with Crippen LogP contribution >= 0.6 is 0 Å². The fraction of sp³-hybridized carbons (Fsp3) is 1.00. The first-order valence-electron chi connectivity index (χ1n) is 5.13. The predicted molar refractivity (Wildman–Crippen MR) is 54.0 cm³/mol. The van der Waals surface area contributed by atoms with Gasteiger partial charge in [-0.25, -0.2) is 0 Å². The summed E-state index contributed by atoms with van der Waals surface area (Å²) in [5.74, 6) is 0. The van der Waals surface area contributed by atoms with Gasteiger partial charge in [-0.05, 0) is 7.05 Å². The summed E-state index contributed by atoms with van der Waals surface area (Å²) in [5.41, 5.74) is 0. The molecule has 2 bridgehead atoms. The Balaban J connectivity index is 2.04. The highest BCUT2D eigenvalue weighted by atomic mass is 28.4. The van der Waals surface area contributed by atoms with Gasteiger partial charge in [-0.2, -0.15) is 0 Å². The van der Waals surface area contributed by atoms with Crippen LogP contribution in [-0.2, 0) is 13.3 Å². The summed E-state index contributed by atoms with van der Waals surface area (Å²) in [6.45, 7) is 5.21. The zero-order chi connectivity index (χ0) is 9.86. The van der Waals surface area contributed by atoms with Gasteiger partial charge < -0.3 is 18.6 Å². The topological polar surface area (TPSA) is 43.0 Å². The largest absolute Gasteiger partial charge is 0.515 e. The SMILES string of the molecule is CNC[Si]12OCCN(CCO1)CCO2. The number of fused-ring (bicyclic) bond motifs is 6. The van der Waals surface area contributed by atoms with Gasteiger partial charge in [0.05, 0.1) is 26.0 Å². The summed E-state index contributed by atoms with van der Waals surface area (Å²) in [7, 11) is -0.461. The van der Waals surface area contributed by atoms with E-state index in [0.717, 1.165) is 39.5 Å². The Morgan fingerprint density at radius 3 is 2.00 bits per heavy atom. The smallest absolute Gasteiger partial charge is 0.371 e. The first-order chi connectivity index (χ1) is 6.85. The minimum Gasteiger partial charge on any atom is -0.371 e. The molecule has 3 aliphatic rings. The van der Waals surface area contributed by atoms with Crippen molar-refractivity contribution >= 4 is 8.80 Å². The van der Waals surface area contributed by atoms with Gasteiger partial charge in [0, 0.05) is 19.6 Å². The molecule has 0 radical (unpaired) electrons. The van der Waals surface area contributed by atoms with Crippen molar-refractivity contribution in [3.8, 4) is 0 Å². The van der Waals surface area contributed by atoms with E-state index in [4.69, 9.17) is 13.3 Å². The Morgan fingerprint density at radius 2 is 1.57 bits per heavy atom. The molecule has 82 valence electrons. The molecular formula is C8H18N2O3Si. The number of hydrogen-bond acceptors (Lipinski definition) is 5. The average molecular weight is 218 g/mol. The van der Waals surface area contributed by atoms with Crippen LogP contribution in [0.2, 0.25) is 0 Å². The highest BCUT2D eigenvalue weighted by molar-refractivity contribution is 6.61. The van der Waals surface area contributed by atoms with Gasteiger partial charge in [-0.15, -0.1) is 0 Å². The van der Waals surface area contributed by atoms with E-state index in [1.54, 1.807) is 0 Å². The molecule has 0 aliphatic carbocycles. The number of hydrogen-bond donors (Lipinski definition) is 1. The monoisotopic (exact) mass is 218 g/mol. The van der Waals surface area contributed by atoms with E-state index in [-0.39, 0.29) is 0 Å². The van der Waals surface area contributed by atoms with E-state index in [2.05, 4.69) is 10.2 Å². The minimum atomic E-state index is -2.37. The summed E-state index contributed by atoms with van der Waals surface area (Å²) >= 11 is 0. The first-order valence-corrected chi connectivity index (χ1v) is 7.07. The van der Waals surface area contributed by atoms with E-state index in [9.17, 15) is 0 Å². The molecule has 3 heterocycles. The maximum atomic E-state index is 5.77. The van der Waals surface area contributed by atoms with E-state index in [0.29, 0.717) is 6.17 Å². The molecule has 1 N–H and O–H groups in total. The minimum absolute atomic E-state index is 0.715. The molecule has 6 heteroatoms. The lowest BCUT2D eigenvalue weighted by Crippen LogP contribution is -2.59. The molecule has 0 unspecified atom stereocenters. The lowest BCUT2D eigenvalue weighted by Gasteiger charge is -2.37. The van der Waals surface area contributed by atoms with Crippen LogP contribution in [0.25, 0.3) is 0 Å². The van der Waals surface area contributed by atoms with Gasteiger partial charge in [0.25, 0.3) is 0 Å². The molecule has 0 spiro atoms. The molecule has 5 nitrogen and oxygen atoms in total. The normalized spacial score (nSPS) is 38.8. The Bertz CT molecular complexity index is 167. The summed E-state index contributed by atoms with van der Waals surface area (Å²) in [6, 6.07) is 0. The van der Waals surface area contributed by atoms with Crippen LogP contribution < -0.4 is 5.32 Å². The number of nitrogens with zero attached hydrogens (tertiary/aromatic N) is 1. The fourth-order valence-corrected chi connectivity index (χ4v) is 4.02. The molecule has 3 saturated heterocycles. The van der Waals surface area contributed by atoms with Crippen molar-refractivity contribution in [1.82, 2.24) is 10.2 Å². The molecule has 0 aromatic rings. The van der Waals surface area contributed by atoms with Crippen LogP contribution in [0.3, 0.4) is 0 Å². The molecular weight excluding hydrogens is 200 g/mol. The van der Waals surface area contributed by atoms with E-state index in [1.165, 1.54) is 0 Å². The quantitative estimate of drug-likeness (QED) is 0.606. The fourth-order valence-electron chi connectivity index (χ4n) is 1.82. The molecule has 3 rings (SSSR count). The Morgan fingerprint density at radius 1 is 1.07 bits per heavy atom. The standard InChI is InChI=1S/C8H18N2O3Si/c1-9-8-14-11-5-2-10(3-6-12-14)4-7-13-14/h9H,2-8H2,1H3. The molecule has 14 heavy (non-hydrogen) atoms. The lowest BCUT2D eigenvalue weighted by molar-refractivity contribution is -0.00852. The van der Waals surface area contributed by atoms with Crippen molar-refractivity contribution in [2.75, 3.05) is 52.7 Å². The van der Waals surface area contributed by atoms with Crippen LogP contribution in [0.15, 0.2) is 0 Å². The van der Waals surface area contributed by atoms with Gasteiger partial charge in [0.2, 0.25) is 0 Å². The summed E-state index contributed by atoms with van der Waals surface area (Å²) in [6.07, 6.45) is 0.715. The Kier molecular flexibility index (Phi) is 3.53. The molecule has 0 amide bonds. The highest BCUT2D eigenvalue weighted by Gasteiger charge is 2.43. The average Bonchev–Trinajstić information content (AvgIpc) is 2.06. The van der Waals surface area contributed by atoms with Gasteiger partial charge in [0.15, 0.2) is 0 Å². The second-order valence-corrected chi connectivity index (χ2v) is 6.19. The molecule has 0 atom stereocenters. The third-order valence-corrected chi connectivity index (χ3v) is 5.30. The lowest BCUT2D eigenvalue weighted by atomic mass is 10.4. The molecule has 0 saturated carbocycles. The van der Waals surface area contributed by atoms with Gasteiger partial charge >= 0.3 is 8.80 Å². The summed E-state index contributed by atoms with van der Waals surface area (Å²) < 4.78 is 17.3. The van der Waals surface area contributed by atoms with Gasteiger partial charge in [0.1, 0.15) is 0 Å². The van der Waals surface area contributed by atoms with E-state index in [1.807, 2.05) is 7.05 Å². The van der Waals surface area contributed by atoms with Crippen molar-refractivity contribution in [2.24, 2.45) is 0 Å². The predicted octanol–water partition coefficient (Wildman–Crippen LogP) is -0.937. The van der Waals surface area contributed by atoms with Crippen molar-refractivity contribution in [3.05, 3.63) is 0 Å². The van der Waals surface area contributed by atoms with Crippen LogP contribution in [0.4, 0.5) is 0 Å². The maximum absolute atomic E-state index is 5.77. The molecule has 3 aliphatic heterocycles. The maximum Gasteiger partial charge on any atom is 0.515 e. The second-order valence-electron chi connectivity index (χ2n) is 3.60. The first kappa shape index (κ1) is 10.5. The van der Waals surface area contributed by atoms with Crippen LogP contribution in [-0.4, -0.2) is 66.4 Å². The van der Waals surface area contributed by atoms with Crippen LogP contribution in [0.5, 0.6) is 0 Å². The summed E-state index contributed by atoms with van der Waals surface area (Å²) in [4.78, 5) is 2.32. The zero-order valence-electron chi connectivity index (χ0n) is 8.62. The van der Waals surface area contributed by atoms with Gasteiger partial charge in [-0.3, -0.25) is 4.90 Å². The van der Waals surface area contributed by atoms with Gasteiger partial charge in [-0.1, -0.05) is 0 Å². The van der Waals surface area contributed by atoms with Crippen LogP contribution in [0, 0.1) is 0 Å². The molecule has 3 fully saturated rings. The second kappa shape index (κ2) is 4.69. The van der Waals surface area contributed by atoms with Crippen molar-refractivity contribution in [3.63, 3.8) is 0 Å². The number of nitrogens with one attached hydrogen (secondary N) is 1. The van der Waals surface area contributed by atoms with Crippen molar-refractivity contribution in [2.45, 2.75) is 0 Å². The zero-order valence-corrected chi connectivity index (χ0v) is 9.62.